The van der Waals surface area contributed by atoms with Crippen LogP contribution in [0.3, 0.4) is 0 Å². The molecule has 0 heterocycles. The van der Waals surface area contributed by atoms with Crippen molar-refractivity contribution in [3.63, 3.8) is 0 Å². The van der Waals surface area contributed by atoms with Crippen LogP contribution in [0.5, 0.6) is 11.5 Å². The van der Waals surface area contributed by atoms with E-state index in [1.165, 1.54) is 0 Å². The van der Waals surface area contributed by atoms with Gasteiger partial charge in [0.05, 0.1) is 17.7 Å². The number of nitrogens with zero attached hydrogens (tertiary/aromatic N) is 2. The summed E-state index contributed by atoms with van der Waals surface area (Å²) >= 11 is 0. The van der Waals surface area contributed by atoms with Crippen molar-refractivity contribution in [3.05, 3.63) is 108 Å². The summed E-state index contributed by atoms with van der Waals surface area (Å²) in [6, 6.07) is 26.6. The monoisotopic (exact) mass is 572 g/mol. The molecule has 0 saturated carbocycles. The number of rotatable bonds is 14. The van der Waals surface area contributed by atoms with Crippen LogP contribution in [0.25, 0.3) is 11.1 Å². The second-order valence-electron chi connectivity index (χ2n) is 10.7. The maximum Gasteiger partial charge on any atom is 0.311 e. The third kappa shape index (κ3) is 10.1. The molecule has 0 N–H and O–H groups in total. The van der Waals surface area contributed by atoms with Gasteiger partial charge in [-0.15, -0.1) is 0 Å². The molecule has 6 nitrogen and oxygen atoms in total. The standard InChI is InChI=1S/C37H36N2O4/c38-26-28-13-17-30(18-14-28)31-21-23-34(24-22-31)42-36(40)11-6-4-2-1-3-5-7-12-37(41)43-35-10-8-9-33(25-35)32-19-15-29(27-39)16-20-32/h8-10,13-17,19-25,30H,1-7,11-12,18H2. The Hall–Kier alpha value is -4.94. The van der Waals surface area contributed by atoms with E-state index in [-0.39, 0.29) is 17.9 Å². The van der Waals surface area contributed by atoms with Crippen molar-refractivity contribution in [3.8, 4) is 34.8 Å². The van der Waals surface area contributed by atoms with E-state index < -0.39 is 0 Å². The number of carbonyl (C=O) groups is 2. The molecule has 43 heavy (non-hydrogen) atoms. The Morgan fingerprint density at radius 2 is 1.33 bits per heavy atom. The van der Waals surface area contributed by atoms with Crippen molar-refractivity contribution in [1.82, 2.24) is 0 Å². The molecule has 3 aromatic rings. The van der Waals surface area contributed by atoms with Crippen LogP contribution in [0, 0.1) is 22.7 Å². The van der Waals surface area contributed by atoms with Crippen LogP contribution in [0.1, 0.15) is 81.3 Å². The molecule has 0 fully saturated rings. The van der Waals surface area contributed by atoms with Gasteiger partial charge in [0, 0.05) is 24.3 Å². The van der Waals surface area contributed by atoms with E-state index in [1.54, 1.807) is 18.2 Å². The lowest BCUT2D eigenvalue weighted by atomic mass is 9.90. The highest BCUT2D eigenvalue weighted by molar-refractivity contribution is 5.74. The molecule has 0 bridgehead atoms. The Labute approximate surface area is 253 Å². The van der Waals surface area contributed by atoms with E-state index in [1.807, 2.05) is 72.8 Å². The van der Waals surface area contributed by atoms with Gasteiger partial charge in [-0.25, -0.2) is 0 Å². The number of unbranched alkanes of at least 4 members (excludes halogenated alkanes) is 6. The van der Waals surface area contributed by atoms with E-state index in [0.717, 1.165) is 68.1 Å². The number of hydrogen-bond acceptors (Lipinski definition) is 6. The van der Waals surface area contributed by atoms with Gasteiger partial charge in [0.25, 0.3) is 0 Å². The molecule has 0 spiro atoms. The number of carbonyl (C=O) groups excluding carboxylic acids is 2. The van der Waals surface area contributed by atoms with Crippen molar-refractivity contribution in [2.45, 2.75) is 70.1 Å². The molecule has 4 rings (SSSR count). The molecule has 3 aromatic carbocycles. The van der Waals surface area contributed by atoms with Crippen molar-refractivity contribution in [2.75, 3.05) is 0 Å². The first kappa shape index (κ1) is 31.0. The normalized spacial score (nSPS) is 13.8. The Balaban J connectivity index is 1.03. The van der Waals surface area contributed by atoms with E-state index in [9.17, 15) is 9.59 Å². The lowest BCUT2D eigenvalue weighted by molar-refractivity contribution is -0.135. The van der Waals surface area contributed by atoms with Gasteiger partial charge in [-0.1, -0.05) is 80.7 Å². The van der Waals surface area contributed by atoms with Gasteiger partial charge in [0.15, 0.2) is 0 Å². The van der Waals surface area contributed by atoms with Crippen LogP contribution in [-0.4, -0.2) is 11.9 Å². The molecular formula is C37H36N2O4. The van der Waals surface area contributed by atoms with Gasteiger partial charge in [-0.05, 0) is 78.4 Å². The number of allylic oxidation sites excluding steroid dienone is 4. The van der Waals surface area contributed by atoms with Crippen LogP contribution in [0.4, 0.5) is 0 Å². The average molecular weight is 573 g/mol. The van der Waals surface area contributed by atoms with Crippen molar-refractivity contribution in [2.24, 2.45) is 0 Å². The first-order valence-electron chi connectivity index (χ1n) is 14.9. The summed E-state index contributed by atoms with van der Waals surface area (Å²) in [7, 11) is 0. The number of ether oxygens (including phenoxy) is 2. The first-order valence-corrected chi connectivity index (χ1v) is 14.9. The summed E-state index contributed by atoms with van der Waals surface area (Å²) < 4.78 is 11.0. The number of esters is 2. The van der Waals surface area contributed by atoms with Crippen molar-refractivity contribution in [1.29, 1.82) is 10.5 Å². The second kappa shape index (κ2) is 16.5. The van der Waals surface area contributed by atoms with Gasteiger partial charge >= 0.3 is 11.9 Å². The maximum atomic E-state index is 12.3. The molecule has 0 aromatic heterocycles. The largest absolute Gasteiger partial charge is 0.427 e. The third-order valence-electron chi connectivity index (χ3n) is 7.44. The topological polar surface area (TPSA) is 100 Å². The fourth-order valence-corrected chi connectivity index (χ4v) is 5.00. The molecule has 218 valence electrons. The summed E-state index contributed by atoms with van der Waals surface area (Å²) in [4.78, 5) is 24.5. The molecule has 6 heteroatoms. The summed E-state index contributed by atoms with van der Waals surface area (Å²) in [5.41, 5.74) is 4.32. The third-order valence-corrected chi connectivity index (χ3v) is 7.44. The molecule has 1 atom stereocenters. The van der Waals surface area contributed by atoms with Crippen LogP contribution in [0.2, 0.25) is 0 Å². The van der Waals surface area contributed by atoms with Crippen molar-refractivity contribution < 1.29 is 19.1 Å². The molecule has 0 radical (unpaired) electrons. The van der Waals surface area contributed by atoms with E-state index in [2.05, 4.69) is 12.1 Å². The van der Waals surface area contributed by atoms with Crippen LogP contribution in [-0.2, 0) is 9.59 Å². The molecule has 0 saturated heterocycles. The molecular weight excluding hydrogens is 536 g/mol. The molecule has 1 aliphatic carbocycles. The molecule has 1 aliphatic rings. The molecule has 1 unspecified atom stereocenters. The Morgan fingerprint density at radius 3 is 1.91 bits per heavy atom. The maximum absolute atomic E-state index is 12.3. The summed E-state index contributed by atoms with van der Waals surface area (Å²) in [6.07, 6.45) is 14.1. The number of nitriles is 2. The molecule has 0 aliphatic heterocycles. The van der Waals surface area contributed by atoms with Gasteiger partial charge in [-0.3, -0.25) is 9.59 Å². The zero-order valence-corrected chi connectivity index (χ0v) is 24.3. The summed E-state index contributed by atoms with van der Waals surface area (Å²) in [5, 5.41) is 17.9. The molecule has 0 amide bonds. The quantitative estimate of drug-likeness (QED) is 0.109. The lowest BCUT2D eigenvalue weighted by Gasteiger charge is -2.15. The minimum Gasteiger partial charge on any atom is -0.427 e. The fraction of sp³-hybridized carbons (Fsp3) is 0.297. The highest BCUT2D eigenvalue weighted by atomic mass is 16.5. The van der Waals surface area contributed by atoms with E-state index in [4.69, 9.17) is 20.0 Å². The second-order valence-corrected chi connectivity index (χ2v) is 10.7. The summed E-state index contributed by atoms with van der Waals surface area (Å²) in [5.74, 6) is 0.864. The fourth-order valence-electron chi connectivity index (χ4n) is 5.00. The van der Waals surface area contributed by atoms with Crippen LogP contribution >= 0.6 is 0 Å². The summed E-state index contributed by atoms with van der Waals surface area (Å²) in [6.45, 7) is 0. The van der Waals surface area contributed by atoms with Crippen molar-refractivity contribution >= 4 is 11.9 Å². The SMILES string of the molecule is N#CC1=CCC(c2ccc(OC(=O)CCCCCCCCCC(=O)Oc3cccc(-c4ccc(C#N)cc4)c3)cc2)C=C1. The van der Waals surface area contributed by atoms with Crippen LogP contribution < -0.4 is 9.47 Å². The van der Waals surface area contributed by atoms with Gasteiger partial charge in [0.2, 0.25) is 0 Å². The van der Waals surface area contributed by atoms with Gasteiger partial charge < -0.3 is 9.47 Å². The van der Waals surface area contributed by atoms with E-state index in [0.29, 0.717) is 35.5 Å². The number of benzene rings is 3. The highest BCUT2D eigenvalue weighted by Crippen LogP contribution is 2.28. The van der Waals surface area contributed by atoms with E-state index >= 15 is 0 Å². The predicted molar refractivity (Wildman–Crippen MR) is 166 cm³/mol. The number of hydrogen-bond donors (Lipinski definition) is 0. The minimum atomic E-state index is -0.234. The lowest BCUT2D eigenvalue weighted by Crippen LogP contribution is -2.08. The predicted octanol–water partition coefficient (Wildman–Crippen LogP) is 8.74. The van der Waals surface area contributed by atoms with Gasteiger partial charge in [0.1, 0.15) is 11.5 Å². The zero-order chi connectivity index (χ0) is 30.3. The van der Waals surface area contributed by atoms with Gasteiger partial charge in [-0.2, -0.15) is 10.5 Å². The highest BCUT2D eigenvalue weighted by Gasteiger charge is 2.12. The first-order chi connectivity index (χ1) is 21.0. The smallest absolute Gasteiger partial charge is 0.311 e. The average Bonchev–Trinajstić information content (AvgIpc) is 3.04. The Kier molecular flexibility index (Phi) is 11.9. The Morgan fingerprint density at radius 1 is 0.698 bits per heavy atom. The zero-order valence-electron chi connectivity index (χ0n) is 24.3. The minimum absolute atomic E-state index is 0.215. The van der Waals surface area contributed by atoms with Crippen LogP contribution in [0.15, 0.2) is 96.6 Å². The Bertz CT molecular complexity index is 1520.